The Morgan fingerprint density at radius 3 is 1.31 bits per heavy atom. The zero-order chi connectivity index (χ0) is 41.0. The fourth-order valence-electron chi connectivity index (χ4n) is 9.57. The minimum absolute atomic E-state index is 1.14. The summed E-state index contributed by atoms with van der Waals surface area (Å²) in [5.41, 5.74) is 19.2. The van der Waals surface area contributed by atoms with Gasteiger partial charge < -0.3 is 9.13 Å². The summed E-state index contributed by atoms with van der Waals surface area (Å²) in [6, 6.07) is 88.4. The van der Waals surface area contributed by atoms with Crippen LogP contribution in [0.3, 0.4) is 0 Å². The van der Waals surface area contributed by atoms with Crippen molar-refractivity contribution in [3.63, 3.8) is 0 Å². The smallest absolute Gasteiger partial charge is 0.0619 e. The van der Waals surface area contributed by atoms with Gasteiger partial charge in [0.2, 0.25) is 0 Å². The maximum Gasteiger partial charge on any atom is 0.0619 e. The Labute approximate surface area is 360 Å². The number of para-hydroxylation sites is 2. The van der Waals surface area contributed by atoms with Gasteiger partial charge in [-0.25, -0.2) is 0 Å². The molecule has 2 heterocycles. The van der Waals surface area contributed by atoms with Gasteiger partial charge in [-0.05, 0) is 111 Å². The SMILES string of the molecule is c1ccc(-c2cccc(-c3ccc(-n4c5ccccc5c5cc(-c6ccc7c(c6)c6cccc(-c8ccccc8)c6n7-c6cccc(-c7ccccc7)c6)ccc54)cc3)c2)cc1. The first kappa shape index (κ1) is 35.7. The van der Waals surface area contributed by atoms with Gasteiger partial charge in [0.15, 0.2) is 0 Å². The van der Waals surface area contributed by atoms with E-state index in [1.807, 2.05) is 0 Å². The van der Waals surface area contributed by atoms with Crippen molar-refractivity contribution in [1.29, 1.82) is 0 Å². The first-order chi connectivity index (χ1) is 30.7. The van der Waals surface area contributed by atoms with Crippen molar-refractivity contribution in [2.24, 2.45) is 0 Å². The summed E-state index contributed by atoms with van der Waals surface area (Å²) in [5, 5.41) is 4.95. The highest BCUT2D eigenvalue weighted by Gasteiger charge is 2.19. The Bertz CT molecular complexity index is 3600. The molecule has 2 nitrogen and oxygen atoms in total. The predicted octanol–water partition coefficient (Wildman–Crippen LogP) is 16.2. The lowest BCUT2D eigenvalue weighted by molar-refractivity contribution is 1.18. The Kier molecular flexibility index (Phi) is 8.53. The minimum Gasteiger partial charge on any atom is -0.309 e. The lowest BCUT2D eigenvalue weighted by Gasteiger charge is -2.13. The summed E-state index contributed by atoms with van der Waals surface area (Å²) in [5.74, 6) is 0. The molecule has 2 aromatic heterocycles. The van der Waals surface area contributed by atoms with Crippen LogP contribution in [0.5, 0.6) is 0 Å². The molecule has 12 rings (SSSR count). The normalized spacial score (nSPS) is 11.5. The summed E-state index contributed by atoms with van der Waals surface area (Å²) in [4.78, 5) is 0. The maximum atomic E-state index is 2.46. The zero-order valence-electron chi connectivity index (χ0n) is 34.0. The monoisotopic (exact) mass is 788 g/mol. The molecule has 290 valence electrons. The molecule has 0 unspecified atom stereocenters. The summed E-state index contributed by atoms with van der Waals surface area (Å²) in [7, 11) is 0. The van der Waals surface area contributed by atoms with E-state index in [9.17, 15) is 0 Å². The third kappa shape index (κ3) is 6.04. The van der Waals surface area contributed by atoms with Crippen molar-refractivity contribution in [3.8, 4) is 67.0 Å². The number of hydrogen-bond acceptors (Lipinski definition) is 0. The van der Waals surface area contributed by atoms with Crippen molar-refractivity contribution in [2.45, 2.75) is 0 Å². The molecule has 0 amide bonds. The Hall–Kier alpha value is -8.20. The summed E-state index contributed by atoms with van der Waals surface area (Å²) in [6.45, 7) is 0. The van der Waals surface area contributed by atoms with Gasteiger partial charge in [0, 0.05) is 38.5 Å². The molecule has 0 aliphatic heterocycles. The molecule has 10 aromatic carbocycles. The Balaban J connectivity index is 0.980. The van der Waals surface area contributed by atoms with Crippen LogP contribution >= 0.6 is 0 Å². The van der Waals surface area contributed by atoms with Crippen LogP contribution in [0.2, 0.25) is 0 Å². The van der Waals surface area contributed by atoms with Crippen LogP contribution in [0.1, 0.15) is 0 Å². The molecule has 62 heavy (non-hydrogen) atoms. The van der Waals surface area contributed by atoms with Crippen molar-refractivity contribution in [2.75, 3.05) is 0 Å². The van der Waals surface area contributed by atoms with E-state index in [4.69, 9.17) is 0 Å². The fraction of sp³-hybridized carbons (Fsp3) is 0. The van der Waals surface area contributed by atoms with Crippen molar-refractivity contribution >= 4 is 43.6 Å². The second-order valence-electron chi connectivity index (χ2n) is 16.1. The standard InChI is InChI=1S/C60H40N2/c1-4-15-41(16-5-1)45-21-12-22-46(37-45)43-29-33-50(34-30-43)61-57-28-11-10-25-53(57)55-39-48(31-35-58(55)61)49-32-36-59-56(40-49)54-27-14-26-52(44-19-8-3-9-20-44)60(54)62(59)51-24-13-23-47(38-51)42-17-6-2-7-18-42/h1-40H. The van der Waals surface area contributed by atoms with Gasteiger partial charge in [-0.3, -0.25) is 0 Å². The van der Waals surface area contributed by atoms with Gasteiger partial charge in [-0.2, -0.15) is 0 Å². The molecular formula is C60H40N2. The lowest BCUT2D eigenvalue weighted by Crippen LogP contribution is -1.96. The van der Waals surface area contributed by atoms with E-state index in [1.54, 1.807) is 0 Å². The van der Waals surface area contributed by atoms with E-state index in [0.717, 1.165) is 11.4 Å². The van der Waals surface area contributed by atoms with Crippen molar-refractivity contribution in [1.82, 2.24) is 9.13 Å². The number of nitrogens with zero attached hydrogens (tertiary/aromatic N) is 2. The summed E-state index contributed by atoms with van der Waals surface area (Å²) < 4.78 is 4.87. The average molecular weight is 789 g/mol. The van der Waals surface area contributed by atoms with Gasteiger partial charge in [-0.1, -0.05) is 182 Å². The highest BCUT2D eigenvalue weighted by atomic mass is 15.0. The fourth-order valence-corrected chi connectivity index (χ4v) is 9.57. The van der Waals surface area contributed by atoms with Crippen molar-refractivity contribution < 1.29 is 0 Å². The Morgan fingerprint density at radius 1 is 0.210 bits per heavy atom. The van der Waals surface area contributed by atoms with E-state index < -0.39 is 0 Å². The van der Waals surface area contributed by atoms with Crippen LogP contribution in [0.4, 0.5) is 0 Å². The number of aromatic nitrogens is 2. The van der Waals surface area contributed by atoms with Gasteiger partial charge >= 0.3 is 0 Å². The largest absolute Gasteiger partial charge is 0.309 e. The van der Waals surface area contributed by atoms with E-state index >= 15 is 0 Å². The van der Waals surface area contributed by atoms with E-state index in [-0.39, 0.29) is 0 Å². The van der Waals surface area contributed by atoms with Crippen LogP contribution in [-0.4, -0.2) is 9.13 Å². The first-order valence-electron chi connectivity index (χ1n) is 21.3. The Morgan fingerprint density at radius 2 is 0.645 bits per heavy atom. The topological polar surface area (TPSA) is 9.86 Å². The number of hydrogen-bond donors (Lipinski definition) is 0. The molecule has 0 radical (unpaired) electrons. The maximum absolute atomic E-state index is 2.46. The van der Waals surface area contributed by atoms with Crippen LogP contribution in [-0.2, 0) is 0 Å². The molecule has 0 fully saturated rings. The quantitative estimate of drug-likeness (QED) is 0.152. The van der Waals surface area contributed by atoms with Crippen LogP contribution < -0.4 is 0 Å². The van der Waals surface area contributed by atoms with Crippen LogP contribution in [0, 0.1) is 0 Å². The second-order valence-corrected chi connectivity index (χ2v) is 16.1. The zero-order valence-corrected chi connectivity index (χ0v) is 34.0. The van der Waals surface area contributed by atoms with Crippen LogP contribution in [0.25, 0.3) is 111 Å². The third-order valence-corrected chi connectivity index (χ3v) is 12.5. The molecule has 0 saturated carbocycles. The molecule has 0 aliphatic rings. The minimum atomic E-state index is 1.14. The molecular weight excluding hydrogens is 749 g/mol. The lowest BCUT2D eigenvalue weighted by atomic mass is 9.99. The van der Waals surface area contributed by atoms with Gasteiger partial charge in [0.1, 0.15) is 0 Å². The molecule has 0 bridgehead atoms. The molecule has 0 atom stereocenters. The third-order valence-electron chi connectivity index (χ3n) is 12.5. The number of fused-ring (bicyclic) bond motifs is 6. The van der Waals surface area contributed by atoms with Crippen LogP contribution in [0.15, 0.2) is 243 Å². The first-order valence-corrected chi connectivity index (χ1v) is 21.3. The van der Waals surface area contributed by atoms with Gasteiger partial charge in [0.05, 0.1) is 22.1 Å². The van der Waals surface area contributed by atoms with E-state index in [1.165, 1.54) is 99.2 Å². The second kappa shape index (κ2) is 14.8. The molecule has 0 saturated heterocycles. The molecule has 0 aliphatic carbocycles. The molecule has 12 aromatic rings. The molecule has 0 spiro atoms. The summed E-state index contributed by atoms with van der Waals surface area (Å²) >= 11 is 0. The van der Waals surface area contributed by atoms with E-state index in [2.05, 4.69) is 252 Å². The highest BCUT2D eigenvalue weighted by molar-refractivity contribution is 6.15. The predicted molar refractivity (Wildman–Crippen MR) is 262 cm³/mol. The van der Waals surface area contributed by atoms with Crippen molar-refractivity contribution in [3.05, 3.63) is 243 Å². The molecule has 0 N–H and O–H groups in total. The summed E-state index contributed by atoms with van der Waals surface area (Å²) in [6.07, 6.45) is 0. The number of rotatable bonds is 7. The van der Waals surface area contributed by atoms with Gasteiger partial charge in [0.25, 0.3) is 0 Å². The highest BCUT2D eigenvalue weighted by Crippen LogP contribution is 2.42. The van der Waals surface area contributed by atoms with E-state index in [0.29, 0.717) is 0 Å². The number of benzene rings is 10. The van der Waals surface area contributed by atoms with Gasteiger partial charge in [-0.15, -0.1) is 0 Å². The average Bonchev–Trinajstić information content (AvgIpc) is 3.87. The molecule has 2 heteroatoms.